The van der Waals surface area contributed by atoms with E-state index in [2.05, 4.69) is 27.5 Å². The molecule has 2 amide bonds. The number of hydrogen-bond acceptors (Lipinski definition) is 11. The first-order chi connectivity index (χ1) is 27.5. The molecule has 0 saturated carbocycles. The van der Waals surface area contributed by atoms with Crippen molar-refractivity contribution in [3.8, 4) is 0 Å². The molecule has 1 atom stereocenters. The van der Waals surface area contributed by atoms with Crippen molar-refractivity contribution < 1.29 is 42.8 Å². The minimum Gasteiger partial charge on any atom is -0.379 e. The van der Waals surface area contributed by atoms with Crippen LogP contribution in [0.5, 0.6) is 0 Å². The van der Waals surface area contributed by atoms with Crippen LogP contribution in [0.4, 0.5) is 0 Å². The molecule has 0 aliphatic heterocycles. The van der Waals surface area contributed by atoms with Gasteiger partial charge in [0.05, 0.1) is 91.6 Å². The third kappa shape index (κ3) is 35.9. The second kappa shape index (κ2) is 40.7. The largest absolute Gasteiger partial charge is 0.379 e. The van der Waals surface area contributed by atoms with Gasteiger partial charge in [0.25, 0.3) is 0 Å². The molecule has 0 aromatic carbocycles. The fourth-order valence-electron chi connectivity index (χ4n) is 5.92. The summed E-state index contributed by atoms with van der Waals surface area (Å²) in [5.74, 6) is -0.593. The van der Waals surface area contributed by atoms with Crippen LogP contribution in [0.25, 0.3) is 0 Å². The van der Waals surface area contributed by atoms with Gasteiger partial charge in [0.15, 0.2) is 0 Å². The van der Waals surface area contributed by atoms with E-state index in [0.717, 1.165) is 18.7 Å². The van der Waals surface area contributed by atoms with Gasteiger partial charge in [-0.3, -0.25) is 19.7 Å². The lowest BCUT2D eigenvalue weighted by atomic mass is 10.0. The molecule has 0 spiro atoms. The number of hydrogen-bond donors (Lipinski definition) is 4. The maximum absolute atomic E-state index is 12.1. The van der Waals surface area contributed by atoms with Gasteiger partial charge in [-0.25, -0.2) is 4.98 Å². The van der Waals surface area contributed by atoms with Gasteiger partial charge in [0.2, 0.25) is 11.8 Å². The van der Waals surface area contributed by atoms with E-state index in [-0.39, 0.29) is 24.7 Å². The average molecular weight is 798 g/mol. The minimum absolute atomic E-state index is 0.00278. The first kappa shape index (κ1) is 51.6. The summed E-state index contributed by atoms with van der Waals surface area (Å²) in [6.45, 7) is 9.02. The highest BCUT2D eigenvalue weighted by molar-refractivity contribution is 5.83. The van der Waals surface area contributed by atoms with Gasteiger partial charge in [-0.15, -0.1) is 0 Å². The van der Waals surface area contributed by atoms with Crippen LogP contribution in [-0.4, -0.2) is 126 Å². The van der Waals surface area contributed by atoms with Crippen LogP contribution in [-0.2, 0) is 49.2 Å². The van der Waals surface area contributed by atoms with Crippen LogP contribution >= 0.6 is 0 Å². The molecular weight excluding hydrogens is 718 g/mol. The number of aromatic amines is 1. The van der Waals surface area contributed by atoms with Gasteiger partial charge in [0, 0.05) is 37.9 Å². The molecule has 0 fully saturated rings. The van der Waals surface area contributed by atoms with Gasteiger partial charge in [-0.1, -0.05) is 90.4 Å². The summed E-state index contributed by atoms with van der Waals surface area (Å²) in [7, 11) is 0. The Kier molecular flexibility index (Phi) is 37.5. The van der Waals surface area contributed by atoms with Crippen molar-refractivity contribution in [1.29, 1.82) is 0 Å². The quantitative estimate of drug-likeness (QED) is 0.0602. The molecule has 0 unspecified atom stereocenters. The van der Waals surface area contributed by atoms with Crippen molar-refractivity contribution >= 4 is 17.6 Å². The molecular formula is C42H79N5O9. The zero-order valence-corrected chi connectivity index (χ0v) is 35.0. The SMILES string of the molecule is CCCCCCCCCCCCCCCCOCCOCCOCCOCCOCCOCCC(=O)NCCCC[C@H](NCC(=O)CCc1cnc[nH]1)C(N)=O. The van der Waals surface area contributed by atoms with Gasteiger partial charge >= 0.3 is 0 Å². The monoisotopic (exact) mass is 798 g/mol. The Balaban J connectivity index is 1.74. The van der Waals surface area contributed by atoms with E-state index < -0.39 is 11.9 Å². The number of carbonyl (C=O) groups is 3. The molecule has 14 nitrogen and oxygen atoms in total. The Hall–Kier alpha value is -2.46. The highest BCUT2D eigenvalue weighted by Crippen LogP contribution is 2.13. The summed E-state index contributed by atoms with van der Waals surface area (Å²) in [6, 6.07) is -0.585. The minimum atomic E-state index is -0.585. The van der Waals surface area contributed by atoms with E-state index in [1.807, 2.05) is 0 Å². The fraction of sp³-hybridized carbons (Fsp3) is 0.857. The van der Waals surface area contributed by atoms with Crippen molar-refractivity contribution in [3.63, 3.8) is 0 Å². The maximum atomic E-state index is 12.1. The summed E-state index contributed by atoms with van der Waals surface area (Å²) in [5, 5.41) is 5.81. The van der Waals surface area contributed by atoms with E-state index in [1.54, 1.807) is 12.5 Å². The van der Waals surface area contributed by atoms with E-state index in [1.165, 1.54) is 83.5 Å². The molecule has 1 rings (SSSR count). The van der Waals surface area contributed by atoms with E-state index in [0.29, 0.717) is 111 Å². The zero-order valence-electron chi connectivity index (χ0n) is 35.0. The Morgan fingerprint density at radius 1 is 0.625 bits per heavy atom. The summed E-state index contributed by atoms with van der Waals surface area (Å²) < 4.78 is 33.3. The van der Waals surface area contributed by atoms with Crippen LogP contribution in [0, 0.1) is 0 Å². The lowest BCUT2D eigenvalue weighted by molar-refractivity contribution is -0.123. The molecule has 1 heterocycles. The number of nitrogens with two attached hydrogens (primary N) is 1. The number of unbranched alkanes of at least 4 members (excludes halogenated alkanes) is 14. The van der Waals surface area contributed by atoms with Gasteiger partial charge in [-0.2, -0.15) is 0 Å². The van der Waals surface area contributed by atoms with Crippen molar-refractivity contribution in [2.75, 3.05) is 92.4 Å². The highest BCUT2D eigenvalue weighted by atomic mass is 16.6. The number of carbonyl (C=O) groups excluding carboxylic acids is 3. The molecule has 326 valence electrons. The molecule has 0 aliphatic carbocycles. The number of ketones is 1. The second-order valence-corrected chi connectivity index (χ2v) is 14.3. The molecule has 0 radical (unpaired) electrons. The van der Waals surface area contributed by atoms with Crippen LogP contribution in [0.1, 0.15) is 135 Å². The Morgan fingerprint density at radius 3 is 1.59 bits per heavy atom. The number of H-pyrrole nitrogens is 1. The highest BCUT2D eigenvalue weighted by Gasteiger charge is 2.16. The standard InChI is InChI=1S/C42H79N5O9/c1-2-3-4-5-6-7-8-9-10-11-12-13-14-17-23-51-25-27-53-29-31-55-33-34-56-32-30-54-28-26-52-24-21-41(49)45-22-16-15-18-40(42(43)50)46-36-39(48)20-19-38-35-44-37-47-38/h35,37,40,46H,2-34,36H2,1H3,(H2,43,50)(H,44,47)(H,45,49)/t40-/m0/s1. The zero-order chi connectivity index (χ0) is 40.4. The molecule has 14 heteroatoms. The number of primary amides is 1. The van der Waals surface area contributed by atoms with Crippen molar-refractivity contribution in [2.24, 2.45) is 5.73 Å². The average Bonchev–Trinajstić information content (AvgIpc) is 3.72. The van der Waals surface area contributed by atoms with Crippen molar-refractivity contribution in [3.05, 3.63) is 18.2 Å². The summed E-state index contributed by atoms with van der Waals surface area (Å²) in [6.07, 6.45) is 25.4. The Labute approximate surface area is 338 Å². The van der Waals surface area contributed by atoms with E-state index in [4.69, 9.17) is 34.2 Å². The van der Waals surface area contributed by atoms with Gasteiger partial charge < -0.3 is 44.5 Å². The van der Waals surface area contributed by atoms with E-state index in [9.17, 15) is 14.4 Å². The van der Waals surface area contributed by atoms with Crippen LogP contribution in [0.2, 0.25) is 0 Å². The van der Waals surface area contributed by atoms with Crippen LogP contribution in [0.3, 0.4) is 0 Å². The molecule has 1 aromatic rings. The molecule has 0 aliphatic rings. The van der Waals surface area contributed by atoms with E-state index >= 15 is 0 Å². The number of aryl methyl sites for hydroxylation is 1. The van der Waals surface area contributed by atoms with Crippen molar-refractivity contribution in [1.82, 2.24) is 20.6 Å². The van der Waals surface area contributed by atoms with Crippen molar-refractivity contribution in [2.45, 2.75) is 141 Å². The second-order valence-electron chi connectivity index (χ2n) is 14.3. The van der Waals surface area contributed by atoms with Crippen LogP contribution in [0.15, 0.2) is 12.5 Å². The predicted molar refractivity (Wildman–Crippen MR) is 220 cm³/mol. The Morgan fingerprint density at radius 2 is 1.11 bits per heavy atom. The fourth-order valence-corrected chi connectivity index (χ4v) is 5.92. The number of nitrogens with zero attached hydrogens (tertiary/aromatic N) is 1. The lowest BCUT2D eigenvalue weighted by Gasteiger charge is -2.15. The summed E-state index contributed by atoms with van der Waals surface area (Å²) >= 11 is 0. The number of aromatic nitrogens is 2. The normalized spacial score (nSPS) is 11.9. The molecule has 1 aromatic heterocycles. The number of Topliss-reactive ketones (excluding diaryl/α,β-unsaturated/α-hetero) is 1. The van der Waals surface area contributed by atoms with Crippen LogP contribution < -0.4 is 16.4 Å². The molecule has 0 bridgehead atoms. The first-order valence-electron chi connectivity index (χ1n) is 21.8. The van der Waals surface area contributed by atoms with Gasteiger partial charge in [-0.05, 0) is 32.1 Å². The number of amides is 2. The predicted octanol–water partition coefficient (Wildman–Crippen LogP) is 5.61. The maximum Gasteiger partial charge on any atom is 0.234 e. The topological polar surface area (TPSA) is 185 Å². The third-order valence-electron chi connectivity index (χ3n) is 9.33. The number of imidazole rings is 1. The molecule has 5 N–H and O–H groups in total. The molecule has 56 heavy (non-hydrogen) atoms. The first-order valence-corrected chi connectivity index (χ1v) is 21.8. The summed E-state index contributed by atoms with van der Waals surface area (Å²) in [5.41, 5.74) is 6.38. The summed E-state index contributed by atoms with van der Waals surface area (Å²) in [4.78, 5) is 42.8. The third-order valence-corrected chi connectivity index (χ3v) is 9.33. The Bertz CT molecular complexity index is 1020. The smallest absolute Gasteiger partial charge is 0.234 e. The lowest BCUT2D eigenvalue weighted by Crippen LogP contribution is -2.43. The number of ether oxygens (including phenoxy) is 6. The number of rotatable bonds is 45. The molecule has 0 saturated heterocycles. The van der Waals surface area contributed by atoms with Gasteiger partial charge in [0.1, 0.15) is 5.78 Å². The number of nitrogens with one attached hydrogen (secondary N) is 3.